The topological polar surface area (TPSA) is 43.8 Å². The van der Waals surface area contributed by atoms with E-state index in [9.17, 15) is 4.39 Å². The van der Waals surface area contributed by atoms with E-state index < -0.39 is 6.17 Å². The largest absolute Gasteiger partial charge is 0.330 e. The second-order valence-corrected chi connectivity index (χ2v) is 3.90. The van der Waals surface area contributed by atoms with Crippen LogP contribution in [-0.2, 0) is 6.54 Å². The van der Waals surface area contributed by atoms with Gasteiger partial charge < -0.3 is 5.73 Å². The van der Waals surface area contributed by atoms with Crippen LogP contribution >= 0.6 is 0 Å². The number of nitrogens with zero attached hydrogens (tertiary/aromatic N) is 2. The van der Waals surface area contributed by atoms with Crippen LogP contribution in [0.25, 0.3) is 0 Å². The molecule has 1 aromatic rings. The van der Waals surface area contributed by atoms with Crippen LogP contribution < -0.4 is 5.73 Å². The van der Waals surface area contributed by atoms with E-state index in [2.05, 4.69) is 18.9 Å². The maximum atomic E-state index is 13.3. The van der Waals surface area contributed by atoms with Crippen LogP contribution in [0.4, 0.5) is 4.39 Å². The molecule has 0 spiro atoms. The highest BCUT2D eigenvalue weighted by Crippen LogP contribution is 2.18. The fourth-order valence-electron chi connectivity index (χ4n) is 1.31. The lowest BCUT2D eigenvalue weighted by Gasteiger charge is -2.05. The van der Waals surface area contributed by atoms with Crippen LogP contribution in [0.15, 0.2) is 12.3 Å². The maximum absolute atomic E-state index is 13.3. The minimum absolute atomic E-state index is 0.346. The molecule has 3 nitrogen and oxygen atoms in total. The third-order valence-electron chi connectivity index (χ3n) is 1.95. The lowest BCUT2D eigenvalue weighted by atomic mass is 10.2. The van der Waals surface area contributed by atoms with E-state index in [0.29, 0.717) is 24.6 Å². The molecule has 0 saturated heterocycles. The van der Waals surface area contributed by atoms with E-state index >= 15 is 0 Å². The lowest BCUT2D eigenvalue weighted by Crippen LogP contribution is -2.07. The summed E-state index contributed by atoms with van der Waals surface area (Å²) in [4.78, 5) is 0. The Balaban J connectivity index is 2.58. The highest BCUT2D eigenvalue weighted by Gasteiger charge is 2.11. The third-order valence-corrected chi connectivity index (χ3v) is 1.95. The fraction of sp³-hybridized carbons (Fsp3) is 0.700. The summed E-state index contributed by atoms with van der Waals surface area (Å²) >= 11 is 0. The average molecular weight is 199 g/mol. The molecule has 0 fully saturated rings. The summed E-state index contributed by atoms with van der Waals surface area (Å²) in [5.74, 6) is 0.523. The summed E-state index contributed by atoms with van der Waals surface area (Å²) < 4.78 is 15.1. The molecule has 1 heterocycles. The average Bonchev–Trinajstić information content (AvgIpc) is 2.52. The van der Waals surface area contributed by atoms with Crippen molar-refractivity contribution in [3.8, 4) is 0 Å². The molecule has 14 heavy (non-hydrogen) atoms. The molecule has 1 rings (SSSR count). The number of aromatic nitrogens is 2. The van der Waals surface area contributed by atoms with Gasteiger partial charge in [0.25, 0.3) is 0 Å². The van der Waals surface area contributed by atoms with Gasteiger partial charge in [-0.3, -0.25) is 4.68 Å². The van der Waals surface area contributed by atoms with Crippen LogP contribution in [0, 0.1) is 5.92 Å². The predicted octanol–water partition coefficient (Wildman–Crippen LogP) is 1.90. The number of halogens is 1. The number of alkyl halides is 1. The molecule has 0 aliphatic heterocycles. The van der Waals surface area contributed by atoms with Crippen molar-refractivity contribution in [2.75, 3.05) is 6.54 Å². The molecule has 0 aliphatic carbocycles. The third kappa shape index (κ3) is 3.10. The standard InChI is InChI=1S/C10H18FN3/c1-8(2)7-14-6-4-10(13-14)9(11)3-5-12/h4,6,8-9H,3,5,7,12H2,1-2H3. The first-order valence-corrected chi connectivity index (χ1v) is 5.01. The predicted molar refractivity (Wildman–Crippen MR) is 54.6 cm³/mol. The molecular weight excluding hydrogens is 181 g/mol. The van der Waals surface area contributed by atoms with Gasteiger partial charge in [0.2, 0.25) is 0 Å². The van der Waals surface area contributed by atoms with Crippen molar-refractivity contribution < 1.29 is 4.39 Å². The smallest absolute Gasteiger partial charge is 0.145 e. The van der Waals surface area contributed by atoms with Crippen molar-refractivity contribution in [3.63, 3.8) is 0 Å². The second kappa shape index (κ2) is 5.10. The van der Waals surface area contributed by atoms with Gasteiger partial charge >= 0.3 is 0 Å². The minimum atomic E-state index is -1.02. The first-order chi connectivity index (χ1) is 6.63. The monoisotopic (exact) mass is 199 g/mol. The molecule has 1 aromatic heterocycles. The molecule has 2 N–H and O–H groups in total. The zero-order chi connectivity index (χ0) is 10.6. The summed E-state index contributed by atoms with van der Waals surface area (Å²) in [6, 6.07) is 1.72. The van der Waals surface area contributed by atoms with Gasteiger partial charge in [-0.1, -0.05) is 13.8 Å². The van der Waals surface area contributed by atoms with E-state index in [4.69, 9.17) is 5.73 Å². The van der Waals surface area contributed by atoms with E-state index in [1.54, 1.807) is 10.7 Å². The molecular formula is C10H18FN3. The van der Waals surface area contributed by atoms with Crippen molar-refractivity contribution in [1.29, 1.82) is 0 Å². The Kier molecular flexibility index (Phi) is 4.07. The van der Waals surface area contributed by atoms with Crippen LogP contribution in [0.2, 0.25) is 0 Å². The minimum Gasteiger partial charge on any atom is -0.330 e. The van der Waals surface area contributed by atoms with Crippen molar-refractivity contribution in [3.05, 3.63) is 18.0 Å². The molecule has 80 valence electrons. The Morgan fingerprint density at radius 1 is 1.57 bits per heavy atom. The highest BCUT2D eigenvalue weighted by molar-refractivity contribution is 5.03. The summed E-state index contributed by atoms with van der Waals surface area (Å²) in [7, 11) is 0. The highest BCUT2D eigenvalue weighted by atomic mass is 19.1. The van der Waals surface area contributed by atoms with Crippen LogP contribution in [0.5, 0.6) is 0 Å². The van der Waals surface area contributed by atoms with Crippen LogP contribution in [0.1, 0.15) is 32.1 Å². The lowest BCUT2D eigenvalue weighted by molar-refractivity contribution is 0.315. The van der Waals surface area contributed by atoms with E-state index in [0.717, 1.165) is 6.54 Å². The number of hydrogen-bond donors (Lipinski definition) is 1. The van der Waals surface area contributed by atoms with Gasteiger partial charge in [0, 0.05) is 12.7 Å². The molecule has 0 amide bonds. The van der Waals surface area contributed by atoms with Gasteiger partial charge in [0.05, 0.1) is 5.69 Å². The number of rotatable bonds is 5. The Morgan fingerprint density at radius 2 is 2.29 bits per heavy atom. The van der Waals surface area contributed by atoms with Crippen molar-refractivity contribution in [1.82, 2.24) is 9.78 Å². The molecule has 0 bridgehead atoms. The first-order valence-electron chi connectivity index (χ1n) is 5.01. The zero-order valence-corrected chi connectivity index (χ0v) is 8.78. The fourth-order valence-corrected chi connectivity index (χ4v) is 1.31. The summed E-state index contributed by atoms with van der Waals surface area (Å²) in [6.45, 7) is 5.40. The van der Waals surface area contributed by atoms with E-state index in [1.165, 1.54) is 0 Å². The van der Waals surface area contributed by atoms with Crippen molar-refractivity contribution in [2.24, 2.45) is 11.7 Å². The van der Waals surface area contributed by atoms with Gasteiger partial charge in [-0.05, 0) is 24.9 Å². The summed E-state index contributed by atoms with van der Waals surface area (Å²) in [5.41, 5.74) is 5.78. The molecule has 0 aliphatic rings. The number of hydrogen-bond acceptors (Lipinski definition) is 2. The molecule has 0 saturated carbocycles. The van der Waals surface area contributed by atoms with Crippen molar-refractivity contribution in [2.45, 2.75) is 33.0 Å². The van der Waals surface area contributed by atoms with Crippen molar-refractivity contribution >= 4 is 0 Å². The van der Waals surface area contributed by atoms with E-state index in [-0.39, 0.29) is 0 Å². The Morgan fingerprint density at radius 3 is 2.86 bits per heavy atom. The number of nitrogens with two attached hydrogens (primary N) is 1. The zero-order valence-electron chi connectivity index (χ0n) is 8.78. The summed E-state index contributed by atoms with van der Waals surface area (Å²) in [5, 5.41) is 4.16. The van der Waals surface area contributed by atoms with E-state index in [1.807, 2.05) is 6.20 Å². The SMILES string of the molecule is CC(C)Cn1ccc(C(F)CCN)n1. The van der Waals surface area contributed by atoms with Gasteiger partial charge in [0.15, 0.2) is 0 Å². The summed E-state index contributed by atoms with van der Waals surface area (Å²) in [6.07, 6.45) is 1.14. The van der Waals surface area contributed by atoms with Gasteiger partial charge in [0.1, 0.15) is 6.17 Å². The van der Waals surface area contributed by atoms with Crippen LogP contribution in [0.3, 0.4) is 0 Å². The first kappa shape index (κ1) is 11.2. The quantitative estimate of drug-likeness (QED) is 0.787. The Labute approximate surface area is 84.1 Å². The second-order valence-electron chi connectivity index (χ2n) is 3.90. The Bertz CT molecular complexity index is 270. The molecule has 4 heteroatoms. The molecule has 1 unspecified atom stereocenters. The van der Waals surface area contributed by atoms with Gasteiger partial charge in [-0.25, -0.2) is 4.39 Å². The normalized spacial score (nSPS) is 13.5. The van der Waals surface area contributed by atoms with Gasteiger partial charge in [-0.15, -0.1) is 0 Å². The van der Waals surface area contributed by atoms with Gasteiger partial charge in [-0.2, -0.15) is 5.10 Å². The Hall–Kier alpha value is -0.900. The van der Waals surface area contributed by atoms with Crippen LogP contribution in [-0.4, -0.2) is 16.3 Å². The molecule has 0 radical (unpaired) electrons. The molecule has 1 atom stereocenters. The maximum Gasteiger partial charge on any atom is 0.145 e. The molecule has 0 aromatic carbocycles.